The molecular formula is C20H28BNO7. The molecule has 1 heterocycles. The number of hydrogen-bond acceptors (Lipinski definition) is 7. The molecule has 1 aliphatic rings. The summed E-state index contributed by atoms with van der Waals surface area (Å²) in [6.07, 6.45) is -0.319. The van der Waals surface area contributed by atoms with Crippen LogP contribution in [-0.4, -0.2) is 56.4 Å². The van der Waals surface area contributed by atoms with Crippen molar-refractivity contribution in [2.75, 3.05) is 14.2 Å². The Hall–Kier alpha value is -2.39. The average molecular weight is 405 g/mol. The minimum atomic E-state index is -1.14. The van der Waals surface area contributed by atoms with Crippen LogP contribution >= 0.6 is 0 Å². The van der Waals surface area contributed by atoms with Gasteiger partial charge in [0.15, 0.2) is 0 Å². The van der Waals surface area contributed by atoms with Gasteiger partial charge in [0.1, 0.15) is 6.04 Å². The second-order valence-corrected chi connectivity index (χ2v) is 7.99. The first-order valence-electron chi connectivity index (χ1n) is 9.33. The van der Waals surface area contributed by atoms with Gasteiger partial charge in [0.05, 0.1) is 31.8 Å². The SMILES string of the molecule is COC(=O)C[C@H](NC(=O)c1ccc(B2OC(C)(C)C(C)(C)O2)cc1C)C(=O)OC. The quantitative estimate of drug-likeness (QED) is 0.559. The smallest absolute Gasteiger partial charge is 0.469 e. The number of methoxy groups -OCH3 is 2. The van der Waals surface area contributed by atoms with Crippen LogP contribution in [0.5, 0.6) is 0 Å². The van der Waals surface area contributed by atoms with Gasteiger partial charge in [-0.2, -0.15) is 0 Å². The van der Waals surface area contributed by atoms with Gasteiger partial charge < -0.3 is 24.1 Å². The summed E-state index contributed by atoms with van der Waals surface area (Å²) in [6, 6.07) is 4.06. The van der Waals surface area contributed by atoms with Gasteiger partial charge in [-0.3, -0.25) is 9.59 Å². The van der Waals surface area contributed by atoms with Crippen LogP contribution < -0.4 is 10.8 Å². The van der Waals surface area contributed by atoms with E-state index in [1.165, 1.54) is 14.2 Å². The highest BCUT2D eigenvalue weighted by Crippen LogP contribution is 2.36. The Bertz CT molecular complexity index is 790. The Morgan fingerprint density at radius 3 is 2.14 bits per heavy atom. The summed E-state index contributed by atoms with van der Waals surface area (Å²) in [5.41, 5.74) is 0.893. The van der Waals surface area contributed by atoms with Crippen molar-refractivity contribution >= 4 is 30.4 Å². The number of carbonyl (C=O) groups is 3. The largest absolute Gasteiger partial charge is 0.494 e. The highest BCUT2D eigenvalue weighted by molar-refractivity contribution is 6.62. The van der Waals surface area contributed by atoms with Crippen LogP contribution in [0.1, 0.15) is 50.0 Å². The lowest BCUT2D eigenvalue weighted by atomic mass is 9.78. The van der Waals surface area contributed by atoms with Gasteiger partial charge in [-0.15, -0.1) is 0 Å². The molecule has 0 bridgehead atoms. The van der Waals surface area contributed by atoms with E-state index in [0.29, 0.717) is 11.1 Å². The van der Waals surface area contributed by atoms with Crippen LogP contribution in [0, 0.1) is 6.92 Å². The van der Waals surface area contributed by atoms with Crippen molar-refractivity contribution < 1.29 is 33.2 Å². The van der Waals surface area contributed by atoms with E-state index in [4.69, 9.17) is 9.31 Å². The number of carbonyl (C=O) groups excluding carboxylic acids is 3. The minimum Gasteiger partial charge on any atom is -0.469 e. The maximum absolute atomic E-state index is 12.7. The number of amides is 1. The molecule has 0 spiro atoms. The van der Waals surface area contributed by atoms with Crippen LogP contribution in [0.25, 0.3) is 0 Å². The van der Waals surface area contributed by atoms with Crippen molar-refractivity contribution in [3.8, 4) is 0 Å². The number of hydrogen-bond donors (Lipinski definition) is 1. The fraction of sp³-hybridized carbons (Fsp3) is 0.550. The predicted octanol–water partition coefficient (Wildman–Crippen LogP) is 1.13. The van der Waals surface area contributed by atoms with E-state index in [-0.39, 0.29) is 6.42 Å². The molecule has 1 saturated heterocycles. The molecule has 1 aromatic rings. The van der Waals surface area contributed by atoms with Crippen molar-refractivity contribution in [2.24, 2.45) is 0 Å². The lowest BCUT2D eigenvalue weighted by Gasteiger charge is -2.32. The number of benzene rings is 1. The summed E-state index contributed by atoms with van der Waals surface area (Å²) in [5, 5.41) is 2.53. The molecule has 1 aliphatic heterocycles. The molecule has 29 heavy (non-hydrogen) atoms. The molecule has 1 aromatic carbocycles. The molecule has 9 heteroatoms. The van der Waals surface area contributed by atoms with Gasteiger partial charge in [0, 0.05) is 5.56 Å². The molecule has 0 saturated carbocycles. The van der Waals surface area contributed by atoms with Crippen LogP contribution in [0.4, 0.5) is 0 Å². The zero-order valence-corrected chi connectivity index (χ0v) is 18.0. The molecule has 0 aromatic heterocycles. The summed E-state index contributed by atoms with van der Waals surface area (Å²) in [6.45, 7) is 9.65. The van der Waals surface area contributed by atoms with Gasteiger partial charge >= 0.3 is 19.1 Å². The Labute approximate surface area is 171 Å². The van der Waals surface area contributed by atoms with E-state index >= 15 is 0 Å². The van der Waals surface area contributed by atoms with Gasteiger partial charge in [0.2, 0.25) is 0 Å². The zero-order chi connectivity index (χ0) is 22.0. The predicted molar refractivity (Wildman–Crippen MR) is 107 cm³/mol. The maximum atomic E-state index is 12.7. The molecule has 1 N–H and O–H groups in total. The number of nitrogens with one attached hydrogen (secondary N) is 1. The molecule has 1 fully saturated rings. The van der Waals surface area contributed by atoms with Gasteiger partial charge in [-0.1, -0.05) is 12.1 Å². The van der Waals surface area contributed by atoms with Crippen molar-refractivity contribution in [2.45, 2.75) is 58.3 Å². The number of aryl methyl sites for hydroxylation is 1. The summed E-state index contributed by atoms with van der Waals surface area (Å²) < 4.78 is 21.3. The number of esters is 2. The second-order valence-electron chi connectivity index (χ2n) is 7.99. The monoisotopic (exact) mass is 405 g/mol. The standard InChI is InChI=1S/C20H28BNO7/c1-12-10-13(21-28-19(2,3)20(4,5)29-21)8-9-14(12)17(24)22-15(18(25)27-7)11-16(23)26-6/h8-10,15H,11H2,1-7H3,(H,22,24)/t15-/m0/s1. The van der Waals surface area contributed by atoms with Crippen molar-refractivity contribution in [1.29, 1.82) is 0 Å². The third kappa shape index (κ3) is 4.97. The first-order valence-corrected chi connectivity index (χ1v) is 9.33. The van der Waals surface area contributed by atoms with Crippen LogP contribution in [0.3, 0.4) is 0 Å². The Balaban J connectivity index is 2.18. The lowest BCUT2D eigenvalue weighted by Crippen LogP contribution is -2.43. The molecule has 1 amide bonds. The molecule has 0 radical (unpaired) electrons. The topological polar surface area (TPSA) is 100 Å². The molecule has 8 nitrogen and oxygen atoms in total. The molecule has 0 unspecified atom stereocenters. The van der Waals surface area contributed by atoms with Crippen LogP contribution in [-0.2, 0) is 28.4 Å². The lowest BCUT2D eigenvalue weighted by molar-refractivity contribution is -0.149. The van der Waals surface area contributed by atoms with E-state index in [2.05, 4.69) is 14.8 Å². The highest BCUT2D eigenvalue weighted by Gasteiger charge is 2.51. The van der Waals surface area contributed by atoms with Crippen molar-refractivity contribution in [1.82, 2.24) is 5.32 Å². The third-order valence-electron chi connectivity index (χ3n) is 5.41. The van der Waals surface area contributed by atoms with E-state index in [9.17, 15) is 14.4 Å². The normalized spacial score (nSPS) is 18.1. The van der Waals surface area contributed by atoms with Crippen LogP contribution in [0.2, 0.25) is 0 Å². The fourth-order valence-corrected chi connectivity index (χ4v) is 2.89. The highest BCUT2D eigenvalue weighted by atomic mass is 16.7. The summed E-state index contributed by atoms with van der Waals surface area (Å²) in [4.78, 5) is 36.1. The van der Waals surface area contributed by atoms with Crippen molar-refractivity contribution in [3.63, 3.8) is 0 Å². The zero-order valence-electron chi connectivity index (χ0n) is 18.0. The van der Waals surface area contributed by atoms with E-state index in [0.717, 1.165) is 5.46 Å². The average Bonchev–Trinajstić information content (AvgIpc) is 2.87. The summed E-state index contributed by atoms with van der Waals surface area (Å²) in [7, 11) is 1.85. The Morgan fingerprint density at radius 2 is 1.66 bits per heavy atom. The molecule has 2 rings (SSSR count). The molecule has 0 aliphatic carbocycles. The Kier molecular flexibility index (Phi) is 6.75. The number of rotatable bonds is 6. The van der Waals surface area contributed by atoms with Gasteiger partial charge in [0.25, 0.3) is 5.91 Å². The Morgan fingerprint density at radius 1 is 1.07 bits per heavy atom. The first kappa shape index (κ1) is 22.9. The van der Waals surface area contributed by atoms with Crippen molar-refractivity contribution in [3.05, 3.63) is 29.3 Å². The first-order chi connectivity index (χ1) is 13.4. The third-order valence-corrected chi connectivity index (χ3v) is 5.41. The van der Waals surface area contributed by atoms with E-state index < -0.39 is 42.2 Å². The number of ether oxygens (including phenoxy) is 2. The van der Waals surface area contributed by atoms with E-state index in [1.54, 1.807) is 19.1 Å². The summed E-state index contributed by atoms with van der Waals surface area (Å²) in [5.74, 6) is -1.86. The van der Waals surface area contributed by atoms with E-state index in [1.807, 2.05) is 33.8 Å². The summed E-state index contributed by atoms with van der Waals surface area (Å²) >= 11 is 0. The fourth-order valence-electron chi connectivity index (χ4n) is 2.89. The molecule has 158 valence electrons. The van der Waals surface area contributed by atoms with Gasteiger partial charge in [-0.05, 0) is 51.7 Å². The van der Waals surface area contributed by atoms with Crippen LogP contribution in [0.15, 0.2) is 18.2 Å². The van der Waals surface area contributed by atoms with Gasteiger partial charge in [-0.25, -0.2) is 4.79 Å². The maximum Gasteiger partial charge on any atom is 0.494 e. The molecule has 1 atom stereocenters. The minimum absolute atomic E-state index is 0.319. The molecular weight excluding hydrogens is 377 g/mol. The second kappa shape index (κ2) is 8.55.